The summed E-state index contributed by atoms with van der Waals surface area (Å²) in [4.78, 5) is 12.0. The highest BCUT2D eigenvalue weighted by Crippen LogP contribution is 2.55. The molecule has 0 aromatic carbocycles. The summed E-state index contributed by atoms with van der Waals surface area (Å²) in [5, 5.41) is 0. The lowest BCUT2D eigenvalue weighted by molar-refractivity contribution is -0.116. The maximum atomic E-state index is 12.0. The third-order valence-electron chi connectivity index (χ3n) is 5.28. The van der Waals surface area contributed by atoms with E-state index in [0.717, 1.165) is 31.3 Å². The van der Waals surface area contributed by atoms with Crippen molar-refractivity contribution in [3.63, 3.8) is 0 Å². The highest BCUT2D eigenvalue weighted by Gasteiger charge is 2.53. The molecule has 2 nitrogen and oxygen atoms in total. The Morgan fingerprint density at radius 2 is 2.29 bits per heavy atom. The monoisotopic (exact) mass is 230 g/mol. The van der Waals surface area contributed by atoms with E-state index >= 15 is 0 Å². The normalized spacial score (nSPS) is 43.6. The fourth-order valence-corrected chi connectivity index (χ4v) is 4.45. The lowest BCUT2D eigenvalue weighted by Crippen LogP contribution is -2.35. The van der Waals surface area contributed by atoms with Gasteiger partial charge in [0.1, 0.15) is 6.10 Å². The van der Waals surface area contributed by atoms with Gasteiger partial charge in [-0.1, -0.05) is 5.57 Å². The van der Waals surface area contributed by atoms with Crippen LogP contribution in [-0.2, 0) is 9.53 Å². The number of carbonyl (C=O) groups excluding carboxylic acids is 1. The molecule has 1 saturated carbocycles. The fourth-order valence-electron chi connectivity index (χ4n) is 4.45. The quantitative estimate of drug-likeness (QED) is 0.598. The fraction of sp³-hybridized carbons (Fsp3) is 0.667. The van der Waals surface area contributed by atoms with Gasteiger partial charge >= 0.3 is 0 Å². The van der Waals surface area contributed by atoms with E-state index in [1.807, 2.05) is 0 Å². The highest BCUT2D eigenvalue weighted by atomic mass is 16.5. The molecule has 0 amide bonds. The van der Waals surface area contributed by atoms with Crippen LogP contribution in [0.2, 0.25) is 0 Å². The SMILES string of the molecule is CC1=C[C@H]2O[C@@]13CCCC3CC1=C2C(=O)CC1. The molecule has 2 heterocycles. The summed E-state index contributed by atoms with van der Waals surface area (Å²) in [6.07, 6.45) is 8.74. The molecule has 17 heavy (non-hydrogen) atoms. The summed E-state index contributed by atoms with van der Waals surface area (Å²) in [6, 6.07) is 0. The first-order valence-electron chi connectivity index (χ1n) is 6.82. The number of ether oxygens (including phenoxy) is 1. The van der Waals surface area contributed by atoms with Crippen LogP contribution in [0.4, 0.5) is 0 Å². The molecular weight excluding hydrogens is 212 g/mol. The maximum Gasteiger partial charge on any atom is 0.162 e. The molecule has 1 spiro atoms. The first kappa shape index (κ1) is 10.1. The number of Topliss-reactive ketones (excluding diaryl/α,β-unsaturated/α-hetero) is 1. The number of allylic oxidation sites excluding steroid dienone is 1. The lowest BCUT2D eigenvalue weighted by atomic mass is 9.80. The van der Waals surface area contributed by atoms with Crippen LogP contribution < -0.4 is 0 Å². The highest BCUT2D eigenvalue weighted by molar-refractivity contribution is 6.00. The third kappa shape index (κ3) is 1.12. The molecule has 3 atom stereocenters. The van der Waals surface area contributed by atoms with Crippen LogP contribution in [0.15, 0.2) is 22.8 Å². The number of ketones is 1. The first-order valence-corrected chi connectivity index (χ1v) is 6.82. The van der Waals surface area contributed by atoms with Gasteiger partial charge in [-0.15, -0.1) is 0 Å². The Kier molecular flexibility index (Phi) is 1.84. The Morgan fingerprint density at radius 3 is 3.18 bits per heavy atom. The Morgan fingerprint density at radius 1 is 1.41 bits per heavy atom. The van der Waals surface area contributed by atoms with E-state index in [9.17, 15) is 4.79 Å². The Balaban J connectivity index is 1.87. The first-order chi connectivity index (χ1) is 8.21. The average molecular weight is 230 g/mol. The molecule has 1 unspecified atom stereocenters. The Hall–Kier alpha value is -0.890. The summed E-state index contributed by atoms with van der Waals surface area (Å²) in [5.41, 5.74) is 3.82. The summed E-state index contributed by atoms with van der Waals surface area (Å²) in [5.74, 6) is 0.966. The van der Waals surface area contributed by atoms with Crippen LogP contribution in [0, 0.1) is 5.92 Å². The second-order valence-corrected chi connectivity index (χ2v) is 6.01. The standard InChI is InChI=1S/C15H18O2/c1-9-7-13-14-10(4-5-12(14)16)8-11-3-2-6-15(9,11)17-13/h7,11,13H,2-6,8H2,1H3/t11?,13-,15+/m1/s1. The van der Waals surface area contributed by atoms with Crippen molar-refractivity contribution in [2.24, 2.45) is 5.92 Å². The van der Waals surface area contributed by atoms with Gasteiger partial charge in [-0.05, 0) is 56.6 Å². The van der Waals surface area contributed by atoms with Crippen LogP contribution in [0.1, 0.15) is 45.4 Å². The zero-order chi connectivity index (χ0) is 11.6. The Bertz CT molecular complexity index is 471. The molecule has 1 fully saturated rings. The second-order valence-electron chi connectivity index (χ2n) is 6.01. The molecule has 0 saturated heterocycles. The zero-order valence-corrected chi connectivity index (χ0v) is 10.3. The molecule has 2 aliphatic carbocycles. The number of hydrogen-bond donors (Lipinski definition) is 0. The van der Waals surface area contributed by atoms with Crippen molar-refractivity contribution in [2.75, 3.05) is 0 Å². The predicted molar refractivity (Wildman–Crippen MR) is 64.6 cm³/mol. The van der Waals surface area contributed by atoms with Crippen LogP contribution >= 0.6 is 0 Å². The van der Waals surface area contributed by atoms with Crippen molar-refractivity contribution in [3.8, 4) is 0 Å². The maximum absolute atomic E-state index is 12.0. The van der Waals surface area contributed by atoms with Crippen LogP contribution in [0.3, 0.4) is 0 Å². The number of rotatable bonds is 0. The molecule has 0 aromatic heterocycles. The van der Waals surface area contributed by atoms with Crippen molar-refractivity contribution in [1.29, 1.82) is 0 Å². The van der Waals surface area contributed by atoms with Gasteiger partial charge in [-0.25, -0.2) is 0 Å². The minimum atomic E-state index is -0.0110. The number of carbonyl (C=O) groups is 1. The van der Waals surface area contributed by atoms with E-state index in [0.29, 0.717) is 11.7 Å². The van der Waals surface area contributed by atoms with Gasteiger partial charge in [0.2, 0.25) is 0 Å². The minimum absolute atomic E-state index is 0.00468. The summed E-state index contributed by atoms with van der Waals surface area (Å²) < 4.78 is 6.36. The second kappa shape index (κ2) is 3.11. The molecular formula is C15H18O2. The minimum Gasteiger partial charge on any atom is -0.358 e. The van der Waals surface area contributed by atoms with Crippen LogP contribution in [0.5, 0.6) is 0 Å². The summed E-state index contributed by atoms with van der Waals surface area (Å²) in [7, 11) is 0. The molecule has 2 heteroatoms. The lowest BCUT2D eigenvalue weighted by Gasteiger charge is -2.32. The third-order valence-corrected chi connectivity index (χ3v) is 5.28. The van der Waals surface area contributed by atoms with Gasteiger partial charge in [-0.2, -0.15) is 0 Å². The number of fused-ring (bicyclic) bond motifs is 2. The van der Waals surface area contributed by atoms with Gasteiger partial charge in [0.05, 0.1) is 5.60 Å². The molecule has 0 radical (unpaired) electrons. The number of hydrogen-bond acceptors (Lipinski definition) is 2. The van der Waals surface area contributed by atoms with E-state index < -0.39 is 0 Å². The smallest absolute Gasteiger partial charge is 0.162 e. The van der Waals surface area contributed by atoms with Crippen molar-refractivity contribution < 1.29 is 9.53 Å². The van der Waals surface area contributed by atoms with Gasteiger partial charge in [0.25, 0.3) is 0 Å². The molecule has 4 rings (SSSR count). The summed E-state index contributed by atoms with van der Waals surface area (Å²) >= 11 is 0. The average Bonchev–Trinajstić information content (AvgIpc) is 2.90. The van der Waals surface area contributed by atoms with Gasteiger partial charge < -0.3 is 4.74 Å². The van der Waals surface area contributed by atoms with Crippen molar-refractivity contribution in [3.05, 3.63) is 22.8 Å². The van der Waals surface area contributed by atoms with Gasteiger partial charge in [0.15, 0.2) is 5.78 Å². The van der Waals surface area contributed by atoms with Crippen molar-refractivity contribution in [2.45, 2.75) is 57.2 Å². The van der Waals surface area contributed by atoms with Crippen molar-refractivity contribution >= 4 is 5.78 Å². The molecule has 90 valence electrons. The molecule has 2 bridgehead atoms. The van der Waals surface area contributed by atoms with Crippen LogP contribution in [0.25, 0.3) is 0 Å². The predicted octanol–water partition coefficient (Wildman–Crippen LogP) is 2.93. The van der Waals surface area contributed by atoms with Crippen molar-refractivity contribution in [1.82, 2.24) is 0 Å². The van der Waals surface area contributed by atoms with E-state index in [2.05, 4.69) is 13.0 Å². The van der Waals surface area contributed by atoms with E-state index in [4.69, 9.17) is 4.74 Å². The summed E-state index contributed by atoms with van der Waals surface area (Å²) in [6.45, 7) is 2.20. The van der Waals surface area contributed by atoms with E-state index in [1.54, 1.807) is 0 Å². The van der Waals surface area contributed by atoms with E-state index in [1.165, 1.54) is 24.0 Å². The molecule has 0 aromatic rings. The van der Waals surface area contributed by atoms with E-state index in [-0.39, 0.29) is 11.7 Å². The molecule has 2 aliphatic heterocycles. The van der Waals surface area contributed by atoms with Gasteiger partial charge in [0, 0.05) is 12.0 Å². The zero-order valence-electron chi connectivity index (χ0n) is 10.3. The Labute approximate surface area is 102 Å². The molecule has 0 N–H and O–H groups in total. The van der Waals surface area contributed by atoms with Gasteiger partial charge in [-0.3, -0.25) is 4.79 Å². The largest absolute Gasteiger partial charge is 0.358 e. The molecule has 4 aliphatic rings. The van der Waals surface area contributed by atoms with Crippen LogP contribution in [-0.4, -0.2) is 17.5 Å². The topological polar surface area (TPSA) is 26.3 Å².